The Labute approximate surface area is 58.2 Å². The molecule has 4 heteroatoms. The number of carbonyl (C=O) groups is 1. The zero-order valence-electron chi connectivity index (χ0n) is 4.25. The molecule has 0 aliphatic rings. The smallest absolute Gasteiger partial charge is 0.677 e. The van der Waals surface area contributed by atoms with Gasteiger partial charge in [0.15, 0.2) is 0 Å². The molecule has 0 bridgehead atoms. The third-order valence-corrected chi connectivity index (χ3v) is 0.558. The first-order valence-electron chi connectivity index (χ1n) is 2.12. The summed E-state index contributed by atoms with van der Waals surface area (Å²) in [5.41, 5.74) is 6.50. The number of carbonyl (C=O) groups excluding carboxylic acids is 1. The molecule has 0 heterocycles. The first kappa shape index (κ1) is 10.8. The van der Waals surface area contributed by atoms with E-state index in [0.29, 0.717) is 6.42 Å². The maximum atomic E-state index is 9.56. The minimum Gasteiger partial charge on any atom is -0.677 e. The molecule has 0 spiro atoms. The molecule has 0 saturated carbocycles. The van der Waals surface area contributed by atoms with E-state index in [1.165, 1.54) is 0 Å². The summed E-state index contributed by atoms with van der Waals surface area (Å²) < 4.78 is 0. The normalized spacial score (nSPS) is 7.62. The first-order valence-corrected chi connectivity index (χ1v) is 2.12. The molecule has 0 saturated heterocycles. The van der Waals surface area contributed by atoms with Crippen LogP contribution in [-0.2, 0) is 21.3 Å². The monoisotopic (exact) mass is 159 g/mol. The minimum atomic E-state index is -1.06. The van der Waals surface area contributed by atoms with Crippen molar-refractivity contribution in [3.63, 3.8) is 0 Å². The van der Waals surface area contributed by atoms with Crippen molar-refractivity contribution < 1.29 is 26.4 Å². The van der Waals surface area contributed by atoms with E-state index >= 15 is 0 Å². The van der Waals surface area contributed by atoms with Crippen LogP contribution in [-0.4, -0.2) is 12.5 Å². The molecule has 1 N–H and O–H groups in total. The van der Waals surface area contributed by atoms with Gasteiger partial charge in [-0.2, -0.15) is 6.54 Å². The van der Waals surface area contributed by atoms with Crippen LogP contribution in [0.2, 0.25) is 0 Å². The molecule has 0 aromatic heterocycles. The van der Waals surface area contributed by atoms with Gasteiger partial charge in [-0.25, -0.2) is 0 Å². The second-order valence-electron chi connectivity index (χ2n) is 1.23. The van der Waals surface area contributed by atoms with Crippen molar-refractivity contribution in [3.8, 4) is 0 Å². The van der Waals surface area contributed by atoms with Gasteiger partial charge in [0.2, 0.25) is 0 Å². The van der Waals surface area contributed by atoms with Crippen LogP contribution >= 0.6 is 0 Å². The predicted molar refractivity (Wildman–Crippen MR) is 23.4 cm³/mol. The van der Waals surface area contributed by atoms with Crippen molar-refractivity contribution in [3.05, 3.63) is 5.73 Å². The van der Waals surface area contributed by atoms with Crippen molar-refractivity contribution in [1.82, 2.24) is 0 Å². The van der Waals surface area contributed by atoms with Gasteiger partial charge < -0.3 is 15.6 Å². The largest absolute Gasteiger partial charge is 2.00 e. The van der Waals surface area contributed by atoms with Crippen molar-refractivity contribution >= 4 is 5.97 Å². The molecule has 8 heavy (non-hydrogen) atoms. The van der Waals surface area contributed by atoms with Gasteiger partial charge in [0.05, 0.1) is 0 Å². The topological polar surface area (TPSA) is 63.9 Å². The van der Waals surface area contributed by atoms with E-state index in [1.807, 2.05) is 0 Å². The summed E-state index contributed by atoms with van der Waals surface area (Å²) >= 11 is 0. The second kappa shape index (κ2) is 6.92. The van der Waals surface area contributed by atoms with Gasteiger partial charge in [-0.3, -0.25) is 0 Å². The number of carboxylic acid groups (broad SMARTS) is 1. The molecular weight excluding hydrogens is 153 g/mol. The van der Waals surface area contributed by atoms with Gasteiger partial charge in [-0.15, -0.1) is 0 Å². The Hall–Kier alpha value is -0.0765. The molecule has 3 nitrogen and oxygen atoms in total. The van der Waals surface area contributed by atoms with Crippen LogP contribution < -0.4 is 5.11 Å². The Morgan fingerprint density at radius 1 is 1.62 bits per heavy atom. The van der Waals surface area contributed by atoms with E-state index in [2.05, 4.69) is 0 Å². The fourth-order valence-electron chi connectivity index (χ4n) is 0.233. The Bertz CT molecular complexity index is 67.1. The number of aliphatic carboxylic acids is 1. The molecule has 0 unspecified atom stereocenters. The summed E-state index contributed by atoms with van der Waals surface area (Å²) in [4.78, 5) is 9.56. The van der Waals surface area contributed by atoms with E-state index < -0.39 is 5.97 Å². The molecule has 50 valence electrons. The Balaban J connectivity index is 0. The van der Waals surface area contributed by atoms with Crippen molar-refractivity contribution in [2.24, 2.45) is 0 Å². The van der Waals surface area contributed by atoms with Gasteiger partial charge in [0, 0.05) is 5.97 Å². The second-order valence-corrected chi connectivity index (χ2v) is 1.23. The molecule has 0 fully saturated rings. The van der Waals surface area contributed by atoms with Crippen LogP contribution in [0, 0.1) is 0 Å². The number of nitrogens with one attached hydrogen (secondary N) is 1. The maximum absolute atomic E-state index is 9.56. The van der Waals surface area contributed by atoms with E-state index in [9.17, 15) is 9.90 Å². The molecule has 0 amide bonds. The Morgan fingerprint density at radius 2 is 2.12 bits per heavy atom. The summed E-state index contributed by atoms with van der Waals surface area (Å²) in [6.45, 7) is 0.175. The molecular formula is C4H7NNiO2. The molecule has 0 aromatic rings. The average molecular weight is 160 g/mol. The van der Waals surface area contributed by atoms with Crippen LogP contribution in [0.4, 0.5) is 0 Å². The predicted octanol–water partition coefficient (Wildman–Crippen LogP) is -0.434. The van der Waals surface area contributed by atoms with Gasteiger partial charge in [0.25, 0.3) is 0 Å². The maximum Gasteiger partial charge on any atom is 2.00 e. The summed E-state index contributed by atoms with van der Waals surface area (Å²) in [5.74, 6) is -1.06. The summed E-state index contributed by atoms with van der Waals surface area (Å²) in [7, 11) is 0. The van der Waals surface area contributed by atoms with Crippen LogP contribution in [0.5, 0.6) is 0 Å². The first-order chi connectivity index (χ1) is 3.27. The van der Waals surface area contributed by atoms with Gasteiger partial charge in [-0.05, 0) is 6.42 Å². The molecule has 0 aromatic carbocycles. The number of hydrogen-bond donors (Lipinski definition) is 0. The third kappa shape index (κ3) is 9.33. The average Bonchev–Trinajstić information content (AvgIpc) is 1.61. The molecule has 0 atom stereocenters. The third-order valence-electron chi connectivity index (χ3n) is 0.558. The molecule has 0 aliphatic carbocycles. The molecule has 0 radical (unpaired) electrons. The minimum absolute atomic E-state index is 0. The summed E-state index contributed by atoms with van der Waals surface area (Å²) in [6.07, 6.45) is 0.422. The molecule has 0 rings (SSSR count). The Kier molecular flexibility index (Phi) is 9.37. The van der Waals surface area contributed by atoms with Crippen LogP contribution in [0.25, 0.3) is 5.73 Å². The number of carboxylic acids is 1. The van der Waals surface area contributed by atoms with Gasteiger partial charge in [0.1, 0.15) is 0 Å². The van der Waals surface area contributed by atoms with Crippen molar-refractivity contribution in [2.75, 3.05) is 6.54 Å². The van der Waals surface area contributed by atoms with Crippen LogP contribution in [0.1, 0.15) is 12.8 Å². The SMILES string of the molecule is [NH-]CCCC(=O)[O-].[Ni+2]. The fraction of sp³-hybridized carbons (Fsp3) is 0.750. The van der Waals surface area contributed by atoms with Crippen molar-refractivity contribution in [2.45, 2.75) is 12.8 Å². The van der Waals surface area contributed by atoms with E-state index in [-0.39, 0.29) is 29.5 Å². The van der Waals surface area contributed by atoms with Crippen LogP contribution in [0.3, 0.4) is 0 Å². The van der Waals surface area contributed by atoms with E-state index in [0.717, 1.165) is 0 Å². The zero-order chi connectivity index (χ0) is 5.70. The summed E-state index contributed by atoms with van der Waals surface area (Å²) in [6, 6.07) is 0. The van der Waals surface area contributed by atoms with Crippen LogP contribution in [0.15, 0.2) is 0 Å². The zero-order valence-corrected chi connectivity index (χ0v) is 5.24. The quantitative estimate of drug-likeness (QED) is 0.525. The van der Waals surface area contributed by atoms with Gasteiger partial charge >= 0.3 is 16.5 Å². The summed E-state index contributed by atoms with van der Waals surface area (Å²) in [5, 5.41) is 9.56. The number of hydrogen-bond acceptors (Lipinski definition) is 2. The molecule has 0 aliphatic heterocycles. The van der Waals surface area contributed by atoms with Gasteiger partial charge in [-0.1, -0.05) is 6.42 Å². The standard InChI is InChI=1S/C4H8NO2.Ni/c5-3-1-2-4(6)7;/h5H,1-3H2,(H,6,7);/q-1;+2/p-1. The van der Waals surface area contributed by atoms with E-state index in [1.54, 1.807) is 0 Å². The fourth-order valence-corrected chi connectivity index (χ4v) is 0.233. The van der Waals surface area contributed by atoms with E-state index in [4.69, 9.17) is 5.73 Å². The van der Waals surface area contributed by atoms with Crippen molar-refractivity contribution in [1.29, 1.82) is 0 Å². The number of rotatable bonds is 3. The Morgan fingerprint density at radius 3 is 2.25 bits per heavy atom.